The molecule has 0 aromatic carbocycles. The van der Waals surface area contributed by atoms with Crippen LogP contribution in [0.3, 0.4) is 0 Å². The fourth-order valence-electron chi connectivity index (χ4n) is 2.14. The highest BCUT2D eigenvalue weighted by molar-refractivity contribution is 5.84. The molecule has 3 atom stereocenters. The van der Waals surface area contributed by atoms with Crippen LogP contribution in [-0.2, 0) is 9.59 Å². The second kappa shape index (κ2) is 3.81. The standard InChI is InChI=1S/C10H17N3O2/c11-8-4-7(8)10(15)13-3-1-2-6(5-13)9(12)14/h6-8H,1-5,11H2,(H2,12,14). The molecule has 2 amide bonds. The minimum atomic E-state index is -0.299. The van der Waals surface area contributed by atoms with Gasteiger partial charge in [0, 0.05) is 19.1 Å². The van der Waals surface area contributed by atoms with Crippen LogP contribution in [0.15, 0.2) is 0 Å². The van der Waals surface area contributed by atoms with Gasteiger partial charge in [0.25, 0.3) is 0 Å². The summed E-state index contributed by atoms with van der Waals surface area (Å²) in [7, 11) is 0. The predicted octanol–water partition coefficient (Wildman–Crippen LogP) is -0.942. The fraction of sp³-hybridized carbons (Fsp3) is 0.800. The van der Waals surface area contributed by atoms with Gasteiger partial charge < -0.3 is 16.4 Å². The summed E-state index contributed by atoms with van der Waals surface area (Å²) in [4.78, 5) is 24.6. The van der Waals surface area contributed by atoms with E-state index >= 15 is 0 Å². The zero-order chi connectivity index (χ0) is 11.0. The molecule has 1 heterocycles. The highest BCUT2D eigenvalue weighted by Crippen LogP contribution is 2.31. The number of rotatable bonds is 2. The number of carbonyl (C=O) groups is 2. The number of nitrogens with two attached hydrogens (primary N) is 2. The molecule has 2 aliphatic rings. The highest BCUT2D eigenvalue weighted by Gasteiger charge is 2.43. The average molecular weight is 211 g/mol. The van der Waals surface area contributed by atoms with E-state index in [2.05, 4.69) is 0 Å². The lowest BCUT2D eigenvalue weighted by Gasteiger charge is -2.31. The lowest BCUT2D eigenvalue weighted by molar-refractivity contribution is -0.136. The molecule has 1 aliphatic carbocycles. The smallest absolute Gasteiger partial charge is 0.227 e. The number of primary amides is 1. The van der Waals surface area contributed by atoms with Crippen LogP contribution in [0.2, 0.25) is 0 Å². The Morgan fingerprint density at radius 3 is 2.53 bits per heavy atom. The van der Waals surface area contributed by atoms with E-state index in [0.717, 1.165) is 25.8 Å². The van der Waals surface area contributed by atoms with Crippen LogP contribution in [0, 0.1) is 11.8 Å². The van der Waals surface area contributed by atoms with Gasteiger partial charge >= 0.3 is 0 Å². The number of nitrogens with zero attached hydrogens (tertiary/aromatic N) is 1. The monoisotopic (exact) mass is 211 g/mol. The van der Waals surface area contributed by atoms with E-state index in [1.165, 1.54) is 0 Å². The van der Waals surface area contributed by atoms with Crippen LogP contribution < -0.4 is 11.5 Å². The van der Waals surface area contributed by atoms with Crippen LogP contribution in [0.4, 0.5) is 0 Å². The number of carbonyl (C=O) groups excluding carboxylic acids is 2. The molecular formula is C10H17N3O2. The van der Waals surface area contributed by atoms with Crippen LogP contribution in [0.1, 0.15) is 19.3 Å². The van der Waals surface area contributed by atoms with Crippen LogP contribution >= 0.6 is 0 Å². The van der Waals surface area contributed by atoms with E-state index in [4.69, 9.17) is 11.5 Å². The molecule has 1 saturated carbocycles. The van der Waals surface area contributed by atoms with Crippen molar-refractivity contribution in [2.24, 2.45) is 23.3 Å². The molecule has 5 nitrogen and oxygen atoms in total. The normalized spacial score (nSPS) is 35.0. The van der Waals surface area contributed by atoms with Crippen molar-refractivity contribution in [3.05, 3.63) is 0 Å². The van der Waals surface area contributed by atoms with Gasteiger partial charge in [0.2, 0.25) is 11.8 Å². The first-order valence-corrected chi connectivity index (χ1v) is 5.43. The van der Waals surface area contributed by atoms with Gasteiger partial charge in [-0.25, -0.2) is 0 Å². The zero-order valence-electron chi connectivity index (χ0n) is 8.69. The summed E-state index contributed by atoms with van der Waals surface area (Å²) in [6.07, 6.45) is 2.45. The third kappa shape index (κ3) is 2.12. The Bertz CT molecular complexity index is 292. The first-order chi connectivity index (χ1) is 7.09. The average Bonchev–Trinajstić information content (AvgIpc) is 2.94. The Morgan fingerprint density at radius 2 is 2.00 bits per heavy atom. The Hall–Kier alpha value is -1.10. The summed E-state index contributed by atoms with van der Waals surface area (Å²) in [5.74, 6) is -0.365. The first kappa shape index (κ1) is 10.4. The number of hydrogen-bond donors (Lipinski definition) is 2. The summed E-state index contributed by atoms with van der Waals surface area (Å²) >= 11 is 0. The molecule has 2 fully saturated rings. The number of likely N-dealkylation sites (tertiary alicyclic amines) is 1. The maximum absolute atomic E-state index is 11.8. The van der Waals surface area contributed by atoms with Gasteiger partial charge in [-0.15, -0.1) is 0 Å². The molecule has 5 heteroatoms. The molecule has 0 radical (unpaired) electrons. The molecule has 2 rings (SSSR count). The molecular weight excluding hydrogens is 194 g/mol. The lowest BCUT2D eigenvalue weighted by Crippen LogP contribution is -2.45. The van der Waals surface area contributed by atoms with Crippen molar-refractivity contribution in [2.75, 3.05) is 13.1 Å². The molecule has 0 aromatic rings. The van der Waals surface area contributed by atoms with Crippen LogP contribution in [0.5, 0.6) is 0 Å². The van der Waals surface area contributed by atoms with E-state index < -0.39 is 0 Å². The SMILES string of the molecule is NC(=O)C1CCCN(C(=O)C2CC2N)C1. The van der Waals surface area contributed by atoms with E-state index in [9.17, 15) is 9.59 Å². The van der Waals surface area contributed by atoms with Gasteiger partial charge in [-0.05, 0) is 19.3 Å². The topological polar surface area (TPSA) is 89.4 Å². The lowest BCUT2D eigenvalue weighted by atomic mass is 9.97. The van der Waals surface area contributed by atoms with Gasteiger partial charge in [0.1, 0.15) is 0 Å². The van der Waals surface area contributed by atoms with Crippen LogP contribution in [-0.4, -0.2) is 35.8 Å². The van der Waals surface area contributed by atoms with E-state index in [1.54, 1.807) is 4.90 Å². The van der Waals surface area contributed by atoms with Gasteiger partial charge in [-0.1, -0.05) is 0 Å². The van der Waals surface area contributed by atoms with Gasteiger partial charge in [0.05, 0.1) is 11.8 Å². The van der Waals surface area contributed by atoms with Crippen molar-refractivity contribution in [3.63, 3.8) is 0 Å². The molecule has 0 aromatic heterocycles. The third-order valence-electron chi connectivity index (χ3n) is 3.29. The molecule has 1 saturated heterocycles. The Morgan fingerprint density at radius 1 is 1.33 bits per heavy atom. The van der Waals surface area contributed by atoms with Gasteiger partial charge in [0.15, 0.2) is 0 Å². The molecule has 0 spiro atoms. The summed E-state index contributed by atoms with van der Waals surface area (Å²) < 4.78 is 0. The Labute approximate surface area is 88.8 Å². The van der Waals surface area contributed by atoms with Crippen molar-refractivity contribution in [1.82, 2.24) is 4.90 Å². The summed E-state index contributed by atoms with van der Waals surface area (Å²) in [6, 6.07) is 0.0338. The maximum Gasteiger partial charge on any atom is 0.227 e. The second-order valence-electron chi connectivity index (χ2n) is 4.53. The summed E-state index contributed by atoms with van der Waals surface area (Å²) in [5.41, 5.74) is 10.9. The van der Waals surface area contributed by atoms with Gasteiger partial charge in [-0.3, -0.25) is 9.59 Å². The van der Waals surface area contributed by atoms with Crippen molar-refractivity contribution < 1.29 is 9.59 Å². The van der Waals surface area contributed by atoms with E-state index in [0.29, 0.717) is 6.54 Å². The summed E-state index contributed by atoms with van der Waals surface area (Å²) in [6.45, 7) is 1.23. The Kier molecular flexibility index (Phi) is 2.65. The molecule has 0 bridgehead atoms. The first-order valence-electron chi connectivity index (χ1n) is 5.43. The maximum atomic E-state index is 11.8. The molecule has 84 valence electrons. The molecule has 3 unspecified atom stereocenters. The molecule has 15 heavy (non-hydrogen) atoms. The van der Waals surface area contributed by atoms with E-state index in [-0.39, 0.29) is 29.7 Å². The van der Waals surface area contributed by atoms with Crippen molar-refractivity contribution in [1.29, 1.82) is 0 Å². The summed E-state index contributed by atoms with van der Waals surface area (Å²) in [5, 5.41) is 0. The second-order valence-corrected chi connectivity index (χ2v) is 4.53. The number of hydrogen-bond acceptors (Lipinski definition) is 3. The van der Waals surface area contributed by atoms with Gasteiger partial charge in [-0.2, -0.15) is 0 Å². The fourth-order valence-corrected chi connectivity index (χ4v) is 2.14. The van der Waals surface area contributed by atoms with Crippen LogP contribution in [0.25, 0.3) is 0 Å². The Balaban J connectivity index is 1.92. The van der Waals surface area contributed by atoms with E-state index in [1.807, 2.05) is 0 Å². The number of amides is 2. The minimum Gasteiger partial charge on any atom is -0.369 e. The van der Waals surface area contributed by atoms with Crippen molar-refractivity contribution in [3.8, 4) is 0 Å². The van der Waals surface area contributed by atoms with Crippen molar-refractivity contribution in [2.45, 2.75) is 25.3 Å². The minimum absolute atomic E-state index is 0.00312. The quantitative estimate of drug-likeness (QED) is 0.617. The molecule has 4 N–H and O–H groups in total. The predicted molar refractivity (Wildman–Crippen MR) is 54.6 cm³/mol. The highest BCUT2D eigenvalue weighted by atomic mass is 16.2. The molecule has 1 aliphatic heterocycles. The van der Waals surface area contributed by atoms with Crippen molar-refractivity contribution >= 4 is 11.8 Å². The number of piperidine rings is 1. The zero-order valence-corrected chi connectivity index (χ0v) is 8.69. The largest absolute Gasteiger partial charge is 0.369 e. The third-order valence-corrected chi connectivity index (χ3v) is 3.29.